The minimum atomic E-state index is -0.100. The van der Waals surface area contributed by atoms with E-state index in [1.807, 2.05) is 18.2 Å². The van der Waals surface area contributed by atoms with E-state index in [-0.39, 0.29) is 18.4 Å². The van der Waals surface area contributed by atoms with Gasteiger partial charge in [-0.25, -0.2) is 0 Å². The van der Waals surface area contributed by atoms with Gasteiger partial charge < -0.3 is 11.5 Å². The summed E-state index contributed by atoms with van der Waals surface area (Å²) in [6, 6.07) is 5.78. The van der Waals surface area contributed by atoms with Gasteiger partial charge in [0.25, 0.3) is 0 Å². The van der Waals surface area contributed by atoms with Crippen LogP contribution in [0.25, 0.3) is 0 Å². The summed E-state index contributed by atoms with van der Waals surface area (Å²) in [6.45, 7) is 0.453. The van der Waals surface area contributed by atoms with E-state index in [0.717, 1.165) is 14.5 Å². The van der Waals surface area contributed by atoms with Crippen LogP contribution >= 0.6 is 44.3 Å². The summed E-state index contributed by atoms with van der Waals surface area (Å²) >= 11 is 6.79. The number of hydrogen-bond acceptors (Lipinski definition) is 2. The molecular weight excluding hydrogens is 319 g/mol. The van der Waals surface area contributed by atoms with Gasteiger partial charge >= 0.3 is 0 Å². The molecule has 74 valence electrons. The van der Waals surface area contributed by atoms with Gasteiger partial charge in [-0.15, -0.1) is 12.4 Å². The van der Waals surface area contributed by atoms with Gasteiger partial charge in [-0.2, -0.15) is 0 Å². The lowest BCUT2D eigenvalue weighted by Crippen LogP contribution is -2.21. The summed E-state index contributed by atoms with van der Waals surface area (Å²) in [4.78, 5) is 0. The first kappa shape index (κ1) is 13.4. The second kappa shape index (κ2) is 5.98. The van der Waals surface area contributed by atoms with Gasteiger partial charge in [0.15, 0.2) is 0 Å². The van der Waals surface area contributed by atoms with Crippen molar-refractivity contribution in [3.05, 3.63) is 32.7 Å². The van der Waals surface area contributed by atoms with Crippen LogP contribution in [0.4, 0.5) is 0 Å². The van der Waals surface area contributed by atoms with Crippen molar-refractivity contribution in [2.75, 3.05) is 6.54 Å². The molecule has 0 radical (unpaired) electrons. The Labute approximate surface area is 101 Å². The summed E-state index contributed by atoms with van der Waals surface area (Å²) in [5, 5.41) is 0. The van der Waals surface area contributed by atoms with Crippen LogP contribution in [-0.2, 0) is 0 Å². The molecule has 0 aliphatic carbocycles. The molecule has 0 saturated carbocycles. The molecule has 0 aromatic heterocycles. The Hall–Kier alpha value is 0.390. The normalized spacial score (nSPS) is 12.0. The molecule has 1 atom stereocenters. The molecule has 2 nitrogen and oxygen atoms in total. The highest BCUT2D eigenvalue weighted by atomic mass is 79.9. The van der Waals surface area contributed by atoms with Crippen molar-refractivity contribution in [2.45, 2.75) is 6.04 Å². The number of benzene rings is 1. The number of halogens is 3. The van der Waals surface area contributed by atoms with E-state index in [9.17, 15) is 0 Å². The minimum Gasteiger partial charge on any atom is -0.329 e. The van der Waals surface area contributed by atoms with Gasteiger partial charge in [-0.05, 0) is 23.8 Å². The van der Waals surface area contributed by atoms with Crippen LogP contribution in [-0.4, -0.2) is 6.54 Å². The predicted molar refractivity (Wildman–Crippen MR) is 65.1 cm³/mol. The lowest BCUT2D eigenvalue weighted by atomic mass is 10.1. The van der Waals surface area contributed by atoms with E-state index in [2.05, 4.69) is 31.9 Å². The standard InChI is InChI=1S/C8H10Br2N2.ClH/c9-5-1-2-7(10)6(3-5)8(12)4-11;/h1-3,8H,4,11-12H2;1H/t8-;/m0./s1. The molecule has 1 aromatic carbocycles. The zero-order valence-corrected chi connectivity index (χ0v) is 10.8. The Morgan fingerprint density at radius 1 is 1.31 bits per heavy atom. The van der Waals surface area contributed by atoms with E-state index in [1.165, 1.54) is 0 Å². The van der Waals surface area contributed by atoms with Crippen molar-refractivity contribution in [3.63, 3.8) is 0 Å². The first-order valence-electron chi connectivity index (χ1n) is 3.55. The Morgan fingerprint density at radius 2 is 1.92 bits per heavy atom. The number of hydrogen-bond donors (Lipinski definition) is 2. The SMILES string of the molecule is Cl.NC[C@H](N)c1cc(Br)ccc1Br. The molecule has 0 aliphatic heterocycles. The number of nitrogens with two attached hydrogens (primary N) is 2. The molecule has 0 spiro atoms. The molecule has 0 fully saturated rings. The Balaban J connectivity index is 0.00000144. The van der Waals surface area contributed by atoms with Crippen LogP contribution in [0.15, 0.2) is 27.1 Å². The third-order valence-corrected chi connectivity index (χ3v) is 2.83. The molecule has 0 bridgehead atoms. The van der Waals surface area contributed by atoms with Crippen LogP contribution < -0.4 is 11.5 Å². The molecule has 0 unspecified atom stereocenters. The summed E-state index contributed by atoms with van der Waals surface area (Å²) in [6.07, 6.45) is 0. The van der Waals surface area contributed by atoms with E-state index in [0.29, 0.717) is 6.54 Å². The van der Waals surface area contributed by atoms with Gasteiger partial charge in [-0.3, -0.25) is 0 Å². The lowest BCUT2D eigenvalue weighted by Gasteiger charge is -2.11. The van der Waals surface area contributed by atoms with E-state index < -0.39 is 0 Å². The molecule has 0 heterocycles. The Kier molecular flexibility index (Phi) is 6.16. The lowest BCUT2D eigenvalue weighted by molar-refractivity contribution is 0.733. The maximum Gasteiger partial charge on any atom is 0.0431 e. The first-order valence-corrected chi connectivity index (χ1v) is 5.14. The van der Waals surface area contributed by atoms with Gasteiger partial charge in [0, 0.05) is 21.5 Å². The summed E-state index contributed by atoms with van der Waals surface area (Å²) in [5.41, 5.74) is 12.3. The van der Waals surface area contributed by atoms with Crippen molar-refractivity contribution >= 4 is 44.3 Å². The largest absolute Gasteiger partial charge is 0.329 e. The summed E-state index contributed by atoms with van der Waals surface area (Å²) < 4.78 is 2.02. The van der Waals surface area contributed by atoms with Crippen LogP contribution in [0, 0.1) is 0 Å². The first-order chi connectivity index (χ1) is 5.65. The quantitative estimate of drug-likeness (QED) is 0.876. The molecule has 0 aliphatic rings. The zero-order chi connectivity index (χ0) is 9.14. The zero-order valence-electron chi connectivity index (χ0n) is 6.84. The van der Waals surface area contributed by atoms with Crippen molar-refractivity contribution in [2.24, 2.45) is 11.5 Å². The van der Waals surface area contributed by atoms with Crippen LogP contribution in [0.1, 0.15) is 11.6 Å². The Bertz CT molecular complexity index is 281. The van der Waals surface area contributed by atoms with Gasteiger partial charge in [0.2, 0.25) is 0 Å². The van der Waals surface area contributed by atoms with E-state index in [1.54, 1.807) is 0 Å². The monoisotopic (exact) mass is 328 g/mol. The summed E-state index contributed by atoms with van der Waals surface area (Å²) in [7, 11) is 0. The maximum atomic E-state index is 5.79. The van der Waals surface area contributed by atoms with Crippen molar-refractivity contribution < 1.29 is 0 Å². The second-order valence-electron chi connectivity index (χ2n) is 2.51. The summed E-state index contributed by atoms with van der Waals surface area (Å²) in [5.74, 6) is 0. The minimum absolute atomic E-state index is 0. The smallest absolute Gasteiger partial charge is 0.0431 e. The maximum absolute atomic E-state index is 5.79. The fourth-order valence-corrected chi connectivity index (χ4v) is 1.85. The van der Waals surface area contributed by atoms with Gasteiger partial charge in [0.05, 0.1) is 0 Å². The predicted octanol–water partition coefficient (Wildman–Crippen LogP) is 2.59. The van der Waals surface area contributed by atoms with Crippen molar-refractivity contribution in [1.29, 1.82) is 0 Å². The highest BCUT2D eigenvalue weighted by Crippen LogP contribution is 2.25. The fraction of sp³-hybridized carbons (Fsp3) is 0.250. The van der Waals surface area contributed by atoms with Crippen LogP contribution in [0.5, 0.6) is 0 Å². The molecule has 1 rings (SSSR count). The molecular formula is C8H11Br2ClN2. The Morgan fingerprint density at radius 3 is 2.46 bits per heavy atom. The molecule has 13 heavy (non-hydrogen) atoms. The van der Waals surface area contributed by atoms with Gasteiger partial charge in [-0.1, -0.05) is 31.9 Å². The van der Waals surface area contributed by atoms with Gasteiger partial charge in [0.1, 0.15) is 0 Å². The number of rotatable bonds is 2. The van der Waals surface area contributed by atoms with Crippen molar-refractivity contribution in [1.82, 2.24) is 0 Å². The molecule has 1 aromatic rings. The van der Waals surface area contributed by atoms with Crippen molar-refractivity contribution in [3.8, 4) is 0 Å². The third-order valence-electron chi connectivity index (χ3n) is 1.61. The average Bonchev–Trinajstić information content (AvgIpc) is 2.08. The second-order valence-corrected chi connectivity index (χ2v) is 4.28. The average molecular weight is 330 g/mol. The van der Waals surface area contributed by atoms with E-state index in [4.69, 9.17) is 11.5 Å². The molecule has 0 amide bonds. The van der Waals surface area contributed by atoms with E-state index >= 15 is 0 Å². The highest BCUT2D eigenvalue weighted by Gasteiger charge is 2.07. The topological polar surface area (TPSA) is 52.0 Å². The molecule has 0 saturated heterocycles. The molecule has 5 heteroatoms. The fourth-order valence-electron chi connectivity index (χ4n) is 0.926. The van der Waals surface area contributed by atoms with Crippen LogP contribution in [0.2, 0.25) is 0 Å². The third kappa shape index (κ3) is 3.56. The molecule has 4 N–H and O–H groups in total. The van der Waals surface area contributed by atoms with Crippen LogP contribution in [0.3, 0.4) is 0 Å². The highest BCUT2D eigenvalue weighted by molar-refractivity contribution is 9.11.